The van der Waals surface area contributed by atoms with Gasteiger partial charge in [-0.2, -0.15) is 0 Å². The lowest BCUT2D eigenvalue weighted by Gasteiger charge is -2.45. The molecular formula is C11H16N2O4. The quantitative estimate of drug-likeness (QED) is 0.641. The van der Waals surface area contributed by atoms with Crippen LogP contribution in [0.1, 0.15) is 24.4 Å². The van der Waals surface area contributed by atoms with E-state index in [1.165, 1.54) is 10.8 Å². The second-order valence-electron chi connectivity index (χ2n) is 4.86. The highest BCUT2D eigenvalue weighted by molar-refractivity contribution is 5.05. The fourth-order valence-electron chi connectivity index (χ4n) is 2.30. The van der Waals surface area contributed by atoms with Crippen molar-refractivity contribution in [2.24, 2.45) is 5.41 Å². The molecule has 1 heterocycles. The lowest BCUT2D eigenvalue weighted by atomic mass is 9.66. The van der Waals surface area contributed by atoms with Crippen LogP contribution in [0.2, 0.25) is 0 Å². The number of aliphatic hydroxyl groups excluding tert-OH is 2. The highest BCUT2D eigenvalue weighted by Crippen LogP contribution is 2.47. The van der Waals surface area contributed by atoms with E-state index in [2.05, 4.69) is 4.98 Å². The van der Waals surface area contributed by atoms with E-state index in [1.807, 2.05) is 0 Å². The molecule has 1 saturated carbocycles. The minimum absolute atomic E-state index is 0.0580. The number of aryl methyl sites for hydroxylation is 1. The summed E-state index contributed by atoms with van der Waals surface area (Å²) in [7, 11) is 0. The predicted molar refractivity (Wildman–Crippen MR) is 60.9 cm³/mol. The second-order valence-corrected chi connectivity index (χ2v) is 4.86. The average Bonchev–Trinajstić information content (AvgIpc) is 2.25. The summed E-state index contributed by atoms with van der Waals surface area (Å²) in [6.45, 7) is 1.47. The van der Waals surface area contributed by atoms with Crippen LogP contribution in [0.25, 0.3) is 0 Å². The van der Waals surface area contributed by atoms with Crippen molar-refractivity contribution in [2.45, 2.75) is 25.8 Å². The summed E-state index contributed by atoms with van der Waals surface area (Å²) in [6.07, 6.45) is 2.63. The summed E-state index contributed by atoms with van der Waals surface area (Å²) in [6, 6.07) is -0.0580. The number of aromatic amines is 1. The number of nitrogens with zero attached hydrogens (tertiary/aromatic N) is 1. The van der Waals surface area contributed by atoms with Gasteiger partial charge in [0, 0.05) is 23.2 Å². The van der Waals surface area contributed by atoms with Crippen molar-refractivity contribution in [3.05, 3.63) is 32.6 Å². The molecule has 94 valence electrons. The number of rotatable bonds is 3. The van der Waals surface area contributed by atoms with Gasteiger partial charge in [-0.1, -0.05) is 0 Å². The topological polar surface area (TPSA) is 95.3 Å². The van der Waals surface area contributed by atoms with Gasteiger partial charge in [0.05, 0.1) is 13.2 Å². The zero-order valence-corrected chi connectivity index (χ0v) is 9.64. The molecule has 0 bridgehead atoms. The van der Waals surface area contributed by atoms with Crippen LogP contribution >= 0.6 is 0 Å². The highest BCUT2D eigenvalue weighted by Gasteiger charge is 2.44. The zero-order chi connectivity index (χ0) is 12.6. The molecule has 1 aromatic rings. The van der Waals surface area contributed by atoms with Crippen molar-refractivity contribution in [2.75, 3.05) is 13.2 Å². The van der Waals surface area contributed by atoms with E-state index in [0.29, 0.717) is 18.4 Å². The number of nitrogens with one attached hydrogen (secondary N) is 1. The van der Waals surface area contributed by atoms with Gasteiger partial charge in [-0.3, -0.25) is 14.3 Å². The van der Waals surface area contributed by atoms with E-state index < -0.39 is 11.1 Å². The average molecular weight is 240 g/mol. The normalized spacial score (nSPS) is 19.0. The Balaban J connectivity index is 2.25. The summed E-state index contributed by atoms with van der Waals surface area (Å²) in [5.74, 6) is 0. The van der Waals surface area contributed by atoms with E-state index in [0.717, 1.165) is 0 Å². The highest BCUT2D eigenvalue weighted by atomic mass is 16.3. The van der Waals surface area contributed by atoms with Gasteiger partial charge in [-0.15, -0.1) is 0 Å². The molecular weight excluding hydrogens is 224 g/mol. The van der Waals surface area contributed by atoms with Crippen LogP contribution in [-0.2, 0) is 0 Å². The summed E-state index contributed by atoms with van der Waals surface area (Å²) in [5.41, 5.74) is -0.806. The first-order chi connectivity index (χ1) is 8.01. The molecule has 0 spiro atoms. The van der Waals surface area contributed by atoms with Gasteiger partial charge in [0.2, 0.25) is 0 Å². The summed E-state index contributed by atoms with van der Waals surface area (Å²) in [4.78, 5) is 25.1. The molecule has 1 fully saturated rings. The molecule has 17 heavy (non-hydrogen) atoms. The maximum absolute atomic E-state index is 11.6. The summed E-state index contributed by atoms with van der Waals surface area (Å²) < 4.78 is 1.47. The molecule has 0 aliphatic heterocycles. The van der Waals surface area contributed by atoms with E-state index >= 15 is 0 Å². The van der Waals surface area contributed by atoms with Crippen LogP contribution in [0.4, 0.5) is 0 Å². The third-order valence-electron chi connectivity index (χ3n) is 3.55. The SMILES string of the molecule is Cc1cn(C2CC(CO)(CO)C2)c(=O)[nH]c1=O. The lowest BCUT2D eigenvalue weighted by molar-refractivity contribution is -0.0443. The maximum atomic E-state index is 11.6. The van der Waals surface area contributed by atoms with E-state index in [4.69, 9.17) is 10.2 Å². The fraction of sp³-hybridized carbons (Fsp3) is 0.636. The summed E-state index contributed by atoms with van der Waals surface area (Å²) in [5, 5.41) is 18.3. The fourth-order valence-corrected chi connectivity index (χ4v) is 2.30. The van der Waals surface area contributed by atoms with Gasteiger partial charge in [0.1, 0.15) is 0 Å². The smallest absolute Gasteiger partial charge is 0.328 e. The molecule has 1 aliphatic carbocycles. The van der Waals surface area contributed by atoms with Gasteiger partial charge in [-0.05, 0) is 19.8 Å². The Morgan fingerprint density at radius 3 is 2.53 bits per heavy atom. The first kappa shape index (κ1) is 12.1. The van der Waals surface area contributed by atoms with Gasteiger partial charge < -0.3 is 10.2 Å². The standard InChI is InChI=1S/C11H16N2O4/c1-7-4-13(10(17)12-9(7)16)8-2-11(3-8,5-14)6-15/h4,8,14-15H,2-3,5-6H2,1H3,(H,12,16,17). The van der Waals surface area contributed by atoms with Crippen molar-refractivity contribution in [1.82, 2.24) is 9.55 Å². The molecule has 0 unspecified atom stereocenters. The number of hydrogen-bond donors (Lipinski definition) is 3. The Hall–Kier alpha value is -1.40. The summed E-state index contributed by atoms with van der Waals surface area (Å²) >= 11 is 0. The van der Waals surface area contributed by atoms with Crippen molar-refractivity contribution < 1.29 is 10.2 Å². The van der Waals surface area contributed by atoms with E-state index in [1.54, 1.807) is 6.92 Å². The van der Waals surface area contributed by atoms with E-state index in [9.17, 15) is 9.59 Å². The second kappa shape index (κ2) is 4.12. The third-order valence-corrected chi connectivity index (χ3v) is 3.55. The zero-order valence-electron chi connectivity index (χ0n) is 9.64. The molecule has 6 heteroatoms. The first-order valence-corrected chi connectivity index (χ1v) is 5.55. The van der Waals surface area contributed by atoms with Gasteiger partial charge in [0.15, 0.2) is 0 Å². The molecule has 1 aromatic heterocycles. The van der Waals surface area contributed by atoms with Crippen molar-refractivity contribution in [3.8, 4) is 0 Å². The molecule has 2 rings (SSSR count). The number of aromatic nitrogens is 2. The minimum atomic E-state index is -0.478. The molecule has 0 atom stereocenters. The van der Waals surface area contributed by atoms with Gasteiger partial charge in [0.25, 0.3) is 5.56 Å². The molecule has 3 N–H and O–H groups in total. The predicted octanol–water partition coefficient (Wildman–Crippen LogP) is -0.849. The lowest BCUT2D eigenvalue weighted by Crippen LogP contribution is -2.47. The monoisotopic (exact) mass is 240 g/mol. The molecule has 0 radical (unpaired) electrons. The van der Waals surface area contributed by atoms with Crippen LogP contribution in [0.15, 0.2) is 15.8 Å². The van der Waals surface area contributed by atoms with Crippen LogP contribution in [0, 0.1) is 12.3 Å². The van der Waals surface area contributed by atoms with Gasteiger partial charge >= 0.3 is 5.69 Å². The Bertz CT molecular complexity index is 519. The molecule has 0 saturated heterocycles. The minimum Gasteiger partial charge on any atom is -0.396 e. The Morgan fingerprint density at radius 2 is 2.00 bits per heavy atom. The first-order valence-electron chi connectivity index (χ1n) is 5.55. The van der Waals surface area contributed by atoms with Crippen molar-refractivity contribution in [1.29, 1.82) is 0 Å². The number of aliphatic hydroxyl groups is 2. The molecule has 0 amide bonds. The van der Waals surface area contributed by atoms with Crippen LogP contribution in [0.3, 0.4) is 0 Å². The number of hydrogen-bond acceptors (Lipinski definition) is 4. The van der Waals surface area contributed by atoms with Crippen LogP contribution < -0.4 is 11.2 Å². The van der Waals surface area contributed by atoms with Gasteiger partial charge in [-0.25, -0.2) is 4.79 Å². The largest absolute Gasteiger partial charge is 0.396 e. The molecule has 1 aliphatic rings. The van der Waals surface area contributed by atoms with Crippen molar-refractivity contribution >= 4 is 0 Å². The molecule has 0 aromatic carbocycles. The Morgan fingerprint density at radius 1 is 1.41 bits per heavy atom. The van der Waals surface area contributed by atoms with Crippen LogP contribution in [-0.4, -0.2) is 33.0 Å². The number of H-pyrrole nitrogens is 1. The van der Waals surface area contributed by atoms with Crippen LogP contribution in [0.5, 0.6) is 0 Å². The maximum Gasteiger partial charge on any atom is 0.328 e. The Labute approximate surface area is 97.5 Å². The Kier molecular flexibility index (Phi) is 2.92. The van der Waals surface area contributed by atoms with E-state index in [-0.39, 0.29) is 24.8 Å². The molecule has 6 nitrogen and oxygen atoms in total. The van der Waals surface area contributed by atoms with Crippen molar-refractivity contribution in [3.63, 3.8) is 0 Å². The third kappa shape index (κ3) is 1.94.